The summed E-state index contributed by atoms with van der Waals surface area (Å²) in [5, 5.41) is 3.39. The molecular weight excluding hydrogens is 359 g/mol. The molecule has 3 rings (SSSR count). The molecule has 2 saturated heterocycles. The molecule has 0 bridgehead atoms. The number of nitrogens with zero attached hydrogens (tertiary/aromatic N) is 2. The van der Waals surface area contributed by atoms with E-state index in [9.17, 15) is 9.18 Å². The van der Waals surface area contributed by atoms with E-state index in [0.717, 1.165) is 58.0 Å². The third-order valence-electron chi connectivity index (χ3n) is 5.05. The van der Waals surface area contributed by atoms with Crippen LogP contribution in [0.5, 0.6) is 0 Å². The highest BCUT2D eigenvalue weighted by molar-refractivity contribution is 5.54. The number of rotatable bonds is 4. The fourth-order valence-corrected chi connectivity index (χ4v) is 3.54. The summed E-state index contributed by atoms with van der Waals surface area (Å²) in [6, 6.07) is 5.01. The number of carbonyl (C=O) groups is 1. The molecule has 1 aromatic carbocycles. The molecule has 2 aliphatic rings. The number of piperidine rings is 1. The molecule has 3 N–H and O–H groups in total. The van der Waals surface area contributed by atoms with Crippen molar-refractivity contribution in [2.45, 2.75) is 39.2 Å². The lowest BCUT2D eigenvalue weighted by atomic mass is 9.95. The zero-order chi connectivity index (χ0) is 20.6. The first-order valence-corrected chi connectivity index (χ1v) is 10.1. The molecule has 2 heterocycles. The molecule has 2 fully saturated rings. The minimum absolute atomic E-state index is 0.199. The molecule has 0 saturated carbocycles. The summed E-state index contributed by atoms with van der Waals surface area (Å²) in [6.07, 6.45) is 2.29. The van der Waals surface area contributed by atoms with Gasteiger partial charge < -0.3 is 25.6 Å². The predicted octanol–water partition coefficient (Wildman–Crippen LogP) is 2.49. The monoisotopic (exact) mass is 394 g/mol. The third-order valence-corrected chi connectivity index (χ3v) is 5.05. The van der Waals surface area contributed by atoms with Crippen molar-refractivity contribution in [3.63, 3.8) is 0 Å². The van der Waals surface area contributed by atoms with Crippen molar-refractivity contribution in [1.82, 2.24) is 10.2 Å². The number of benzene rings is 1. The van der Waals surface area contributed by atoms with E-state index in [-0.39, 0.29) is 11.4 Å². The van der Waals surface area contributed by atoms with E-state index in [2.05, 4.69) is 19.9 Å². The van der Waals surface area contributed by atoms with Crippen LogP contribution < -0.4 is 16.0 Å². The van der Waals surface area contributed by atoms with Crippen LogP contribution in [0.15, 0.2) is 18.2 Å². The molecule has 0 radical (unpaired) electrons. The Morgan fingerprint density at radius 2 is 1.86 bits per heavy atom. The highest BCUT2D eigenvalue weighted by atomic mass is 19.1. The van der Waals surface area contributed by atoms with E-state index in [0.29, 0.717) is 17.8 Å². The van der Waals surface area contributed by atoms with Gasteiger partial charge in [-0.3, -0.25) is 4.79 Å². The Hall–Kier alpha value is -1.86. The number of nitrogens with one attached hydrogen (secondary N) is 1. The molecule has 158 valence electrons. The van der Waals surface area contributed by atoms with Crippen molar-refractivity contribution in [3.05, 3.63) is 24.0 Å². The van der Waals surface area contributed by atoms with Crippen LogP contribution in [0.1, 0.15) is 33.6 Å². The Bertz CT molecular complexity index is 607. The minimum atomic E-state index is -0.318. The number of piperazine rings is 1. The number of nitrogens with two attached hydrogens (primary N) is 1. The van der Waals surface area contributed by atoms with Crippen LogP contribution in [0.4, 0.5) is 15.8 Å². The van der Waals surface area contributed by atoms with Crippen molar-refractivity contribution < 1.29 is 13.9 Å². The van der Waals surface area contributed by atoms with Crippen molar-refractivity contribution in [3.8, 4) is 0 Å². The van der Waals surface area contributed by atoms with Crippen molar-refractivity contribution in [2.75, 3.05) is 56.4 Å². The smallest absolute Gasteiger partial charge is 0.293 e. The summed E-state index contributed by atoms with van der Waals surface area (Å²) in [5.74, 6) is 0.548. The van der Waals surface area contributed by atoms with Crippen LogP contribution in [0.25, 0.3) is 0 Å². The van der Waals surface area contributed by atoms with Gasteiger partial charge in [-0.15, -0.1) is 0 Å². The average molecular weight is 395 g/mol. The lowest BCUT2D eigenvalue weighted by Crippen LogP contribution is -2.47. The van der Waals surface area contributed by atoms with Gasteiger partial charge in [0.05, 0.1) is 5.69 Å². The minimum Gasteiger partial charge on any atom is -0.462 e. The maximum Gasteiger partial charge on any atom is 0.293 e. The van der Waals surface area contributed by atoms with Crippen LogP contribution in [-0.4, -0.2) is 62.8 Å². The molecule has 0 aliphatic carbocycles. The van der Waals surface area contributed by atoms with E-state index in [1.54, 1.807) is 12.1 Å². The largest absolute Gasteiger partial charge is 0.462 e. The van der Waals surface area contributed by atoms with Crippen LogP contribution >= 0.6 is 0 Å². The van der Waals surface area contributed by atoms with E-state index < -0.39 is 0 Å². The molecule has 0 aromatic heterocycles. The second kappa shape index (κ2) is 10.6. The highest BCUT2D eigenvalue weighted by Crippen LogP contribution is 2.27. The van der Waals surface area contributed by atoms with Gasteiger partial charge in [-0.2, -0.15) is 0 Å². The summed E-state index contributed by atoms with van der Waals surface area (Å²) in [7, 11) is 0. The lowest BCUT2D eigenvalue weighted by molar-refractivity contribution is -0.138. The second-order valence-corrected chi connectivity index (χ2v) is 8.52. The predicted molar refractivity (Wildman–Crippen MR) is 112 cm³/mol. The Balaban J connectivity index is 0.000000345. The van der Waals surface area contributed by atoms with Gasteiger partial charge in [0.15, 0.2) is 0 Å². The first-order chi connectivity index (χ1) is 13.3. The van der Waals surface area contributed by atoms with Gasteiger partial charge in [0, 0.05) is 51.5 Å². The number of hydrogen-bond acceptors (Lipinski definition) is 6. The SMILES string of the molecule is CC(C)(C)OC=O.Nc1ccc(N2CCC(CN3CCNCC3)CC2)c(F)c1. The molecule has 6 nitrogen and oxygen atoms in total. The van der Waals surface area contributed by atoms with Gasteiger partial charge in [-0.25, -0.2) is 4.39 Å². The molecule has 0 amide bonds. The Kier molecular flexibility index (Phi) is 8.51. The zero-order valence-electron chi connectivity index (χ0n) is 17.4. The van der Waals surface area contributed by atoms with Gasteiger partial charge in [0.1, 0.15) is 11.4 Å². The number of hydrogen-bond donors (Lipinski definition) is 2. The first-order valence-electron chi connectivity index (χ1n) is 10.1. The molecule has 0 atom stereocenters. The Morgan fingerprint density at radius 1 is 1.21 bits per heavy atom. The van der Waals surface area contributed by atoms with Gasteiger partial charge >= 0.3 is 0 Å². The van der Waals surface area contributed by atoms with Crippen LogP contribution in [0.3, 0.4) is 0 Å². The second-order valence-electron chi connectivity index (χ2n) is 8.52. The van der Waals surface area contributed by atoms with Gasteiger partial charge in [-0.05, 0) is 57.7 Å². The normalized spacial score (nSPS) is 18.9. The first kappa shape index (κ1) is 22.4. The maximum absolute atomic E-state index is 14.0. The fourth-order valence-electron chi connectivity index (χ4n) is 3.54. The van der Waals surface area contributed by atoms with Crippen molar-refractivity contribution >= 4 is 17.8 Å². The summed E-state index contributed by atoms with van der Waals surface area (Å²) >= 11 is 0. The summed E-state index contributed by atoms with van der Waals surface area (Å²) in [6.45, 7) is 13.5. The summed E-state index contributed by atoms with van der Waals surface area (Å²) in [5.41, 5.74) is 6.49. The topological polar surface area (TPSA) is 70.8 Å². The van der Waals surface area contributed by atoms with Crippen LogP contribution in [0, 0.1) is 11.7 Å². The van der Waals surface area contributed by atoms with E-state index in [1.165, 1.54) is 12.6 Å². The molecule has 7 heteroatoms. The van der Waals surface area contributed by atoms with Crippen molar-refractivity contribution in [1.29, 1.82) is 0 Å². The molecule has 1 aromatic rings. The molecule has 2 aliphatic heterocycles. The lowest BCUT2D eigenvalue weighted by Gasteiger charge is -2.37. The summed E-state index contributed by atoms with van der Waals surface area (Å²) in [4.78, 5) is 14.3. The fraction of sp³-hybridized carbons (Fsp3) is 0.667. The highest BCUT2D eigenvalue weighted by Gasteiger charge is 2.23. The Labute approximate surface area is 168 Å². The van der Waals surface area contributed by atoms with Crippen molar-refractivity contribution in [2.24, 2.45) is 5.92 Å². The van der Waals surface area contributed by atoms with E-state index >= 15 is 0 Å². The Morgan fingerprint density at radius 3 is 2.36 bits per heavy atom. The number of carbonyl (C=O) groups excluding carboxylic acids is 1. The third kappa shape index (κ3) is 7.64. The van der Waals surface area contributed by atoms with E-state index in [1.807, 2.05) is 20.8 Å². The van der Waals surface area contributed by atoms with Crippen LogP contribution in [0.2, 0.25) is 0 Å². The molecule has 0 unspecified atom stereocenters. The molecule has 0 spiro atoms. The quantitative estimate of drug-likeness (QED) is 0.604. The number of anilines is 2. The van der Waals surface area contributed by atoms with Gasteiger partial charge in [-0.1, -0.05) is 0 Å². The standard InChI is InChI=1S/C16H25FN4.C5H10O2/c17-15-11-14(18)1-2-16(15)21-7-3-13(4-8-21)12-20-9-5-19-6-10-20;1-5(2,3)7-4-6/h1-2,11,13,19H,3-10,12,18H2;4H,1-3H3. The number of halogens is 1. The molecular formula is C21H35FN4O2. The maximum atomic E-state index is 14.0. The van der Waals surface area contributed by atoms with Gasteiger partial charge in [0.2, 0.25) is 0 Å². The zero-order valence-corrected chi connectivity index (χ0v) is 17.4. The molecule has 28 heavy (non-hydrogen) atoms. The van der Waals surface area contributed by atoms with Crippen LogP contribution in [-0.2, 0) is 9.53 Å². The summed E-state index contributed by atoms with van der Waals surface area (Å²) < 4.78 is 18.5. The average Bonchev–Trinajstić information content (AvgIpc) is 2.63. The number of nitrogen functional groups attached to an aromatic ring is 1. The van der Waals surface area contributed by atoms with Gasteiger partial charge in [0.25, 0.3) is 6.47 Å². The van der Waals surface area contributed by atoms with E-state index in [4.69, 9.17) is 5.73 Å². The number of ether oxygens (including phenoxy) is 1.